The van der Waals surface area contributed by atoms with E-state index in [1.807, 2.05) is 6.92 Å². The lowest BCUT2D eigenvalue weighted by Gasteiger charge is -2.18. The first-order valence-corrected chi connectivity index (χ1v) is 7.09. The van der Waals surface area contributed by atoms with Gasteiger partial charge in [0.2, 0.25) is 0 Å². The van der Waals surface area contributed by atoms with Gasteiger partial charge < -0.3 is 9.84 Å². The molecule has 1 aromatic carbocycles. The number of nitrogens with one attached hydrogen (secondary N) is 1. The van der Waals surface area contributed by atoms with E-state index in [0.29, 0.717) is 11.3 Å². The number of nitrogens with zero attached hydrogens (tertiary/aromatic N) is 1. The summed E-state index contributed by atoms with van der Waals surface area (Å²) in [6, 6.07) is 5.12. The normalized spacial score (nSPS) is 23.4. The zero-order valence-corrected chi connectivity index (χ0v) is 12.3. The summed E-state index contributed by atoms with van der Waals surface area (Å²) in [6.07, 6.45) is 0.744. The fourth-order valence-corrected chi connectivity index (χ4v) is 2.90. The first-order valence-electron chi connectivity index (χ1n) is 7.09. The van der Waals surface area contributed by atoms with Gasteiger partial charge in [-0.1, -0.05) is 18.1 Å². The van der Waals surface area contributed by atoms with Crippen LogP contribution in [0, 0.1) is 24.5 Å². The van der Waals surface area contributed by atoms with Crippen molar-refractivity contribution in [1.82, 2.24) is 10.5 Å². The molecule has 0 bridgehead atoms. The second kappa shape index (κ2) is 5.19. The second-order valence-electron chi connectivity index (χ2n) is 5.89. The van der Waals surface area contributed by atoms with E-state index in [9.17, 15) is 13.6 Å². The van der Waals surface area contributed by atoms with Gasteiger partial charge in [0.25, 0.3) is 5.91 Å². The molecular weight excluding hydrogens is 290 g/mol. The van der Waals surface area contributed by atoms with Crippen molar-refractivity contribution < 1.29 is 18.1 Å². The summed E-state index contributed by atoms with van der Waals surface area (Å²) in [4.78, 5) is 12.0. The van der Waals surface area contributed by atoms with Gasteiger partial charge in [-0.05, 0) is 30.9 Å². The smallest absolute Gasteiger partial charge is 0.273 e. The average Bonchev–Trinajstić information content (AvgIpc) is 2.90. The van der Waals surface area contributed by atoms with E-state index >= 15 is 0 Å². The van der Waals surface area contributed by atoms with Crippen molar-refractivity contribution in [3.8, 4) is 0 Å². The summed E-state index contributed by atoms with van der Waals surface area (Å²) in [6.45, 7) is 3.96. The maximum atomic E-state index is 14.0. The zero-order chi connectivity index (χ0) is 15.9. The number of aryl methyl sites for hydroxylation is 1. The van der Waals surface area contributed by atoms with Crippen molar-refractivity contribution in [2.75, 3.05) is 6.54 Å². The Hall–Kier alpha value is -2.24. The van der Waals surface area contributed by atoms with Crippen LogP contribution in [0.5, 0.6) is 0 Å². The SMILES string of the molecule is Cc1cc(C(=O)NCC2(c3ccc(F)cc3F)CC2C)no1. The lowest BCUT2D eigenvalue weighted by Crippen LogP contribution is -2.34. The Morgan fingerprint density at radius 1 is 1.45 bits per heavy atom. The molecule has 0 aliphatic heterocycles. The second-order valence-corrected chi connectivity index (χ2v) is 5.89. The van der Waals surface area contributed by atoms with Gasteiger partial charge in [-0.25, -0.2) is 8.78 Å². The van der Waals surface area contributed by atoms with E-state index in [1.165, 1.54) is 18.2 Å². The Kier molecular flexibility index (Phi) is 3.47. The predicted molar refractivity (Wildman–Crippen MR) is 75.4 cm³/mol. The van der Waals surface area contributed by atoms with Crippen LogP contribution in [0.1, 0.15) is 35.2 Å². The van der Waals surface area contributed by atoms with Crippen molar-refractivity contribution >= 4 is 5.91 Å². The summed E-state index contributed by atoms with van der Waals surface area (Å²) in [7, 11) is 0. The van der Waals surface area contributed by atoms with Crippen molar-refractivity contribution in [1.29, 1.82) is 0 Å². The van der Waals surface area contributed by atoms with E-state index in [2.05, 4.69) is 10.5 Å². The van der Waals surface area contributed by atoms with Crippen LogP contribution in [0.3, 0.4) is 0 Å². The molecule has 1 heterocycles. The highest BCUT2D eigenvalue weighted by atomic mass is 19.1. The van der Waals surface area contributed by atoms with Crippen LogP contribution < -0.4 is 5.32 Å². The van der Waals surface area contributed by atoms with Crippen molar-refractivity contribution in [2.24, 2.45) is 5.92 Å². The molecule has 1 saturated carbocycles. The molecule has 116 valence electrons. The average molecular weight is 306 g/mol. The predicted octanol–water partition coefficient (Wildman–Crippen LogP) is 2.97. The molecule has 4 nitrogen and oxygen atoms in total. The monoisotopic (exact) mass is 306 g/mol. The number of aromatic nitrogens is 1. The summed E-state index contributed by atoms with van der Waals surface area (Å²) in [5, 5.41) is 6.41. The van der Waals surface area contributed by atoms with Gasteiger partial charge in [-0.2, -0.15) is 0 Å². The summed E-state index contributed by atoms with van der Waals surface area (Å²) >= 11 is 0. The highest BCUT2D eigenvalue weighted by Gasteiger charge is 2.53. The molecule has 1 aliphatic carbocycles. The quantitative estimate of drug-likeness (QED) is 0.945. The summed E-state index contributed by atoms with van der Waals surface area (Å²) in [5.41, 5.74) is 0.158. The third-order valence-electron chi connectivity index (χ3n) is 4.35. The zero-order valence-electron chi connectivity index (χ0n) is 12.3. The van der Waals surface area contributed by atoms with Crippen molar-refractivity contribution in [3.63, 3.8) is 0 Å². The molecule has 0 radical (unpaired) electrons. The Bertz CT molecular complexity index is 729. The molecule has 1 aromatic heterocycles. The van der Waals surface area contributed by atoms with Gasteiger partial charge in [0, 0.05) is 24.1 Å². The minimum absolute atomic E-state index is 0.195. The van der Waals surface area contributed by atoms with E-state index in [1.54, 1.807) is 6.92 Å². The van der Waals surface area contributed by atoms with Crippen LogP contribution in [-0.2, 0) is 5.41 Å². The minimum atomic E-state index is -0.605. The Labute approximate surface area is 126 Å². The number of hydrogen-bond donors (Lipinski definition) is 1. The summed E-state index contributed by atoms with van der Waals surface area (Å²) in [5.74, 6) is -0.781. The lowest BCUT2D eigenvalue weighted by atomic mass is 9.92. The van der Waals surface area contributed by atoms with Gasteiger partial charge in [0.05, 0.1) is 0 Å². The van der Waals surface area contributed by atoms with Crippen LogP contribution in [0.15, 0.2) is 28.8 Å². The molecule has 2 atom stereocenters. The van der Waals surface area contributed by atoms with Gasteiger partial charge in [-0.15, -0.1) is 0 Å². The molecule has 22 heavy (non-hydrogen) atoms. The largest absolute Gasteiger partial charge is 0.361 e. The standard InChI is InChI=1S/C16H16F2N2O2/c1-9-7-16(9,12-4-3-11(17)6-13(12)18)8-19-15(21)14-5-10(2)22-20-14/h3-6,9H,7-8H2,1-2H3,(H,19,21). The molecule has 1 aliphatic rings. The lowest BCUT2D eigenvalue weighted by molar-refractivity contribution is 0.0939. The molecule has 0 spiro atoms. The van der Waals surface area contributed by atoms with Gasteiger partial charge in [0.1, 0.15) is 17.4 Å². The van der Waals surface area contributed by atoms with Crippen molar-refractivity contribution in [3.05, 3.63) is 52.9 Å². The number of carbonyl (C=O) groups excluding carboxylic acids is 1. The minimum Gasteiger partial charge on any atom is -0.361 e. The third-order valence-corrected chi connectivity index (χ3v) is 4.35. The highest BCUT2D eigenvalue weighted by Crippen LogP contribution is 2.54. The molecule has 3 rings (SSSR count). The summed E-state index contributed by atoms with van der Waals surface area (Å²) < 4.78 is 32.0. The van der Waals surface area contributed by atoms with Gasteiger partial charge in [-0.3, -0.25) is 4.79 Å². The van der Waals surface area contributed by atoms with Crippen molar-refractivity contribution in [2.45, 2.75) is 25.7 Å². The molecule has 1 fully saturated rings. The fraction of sp³-hybridized carbons (Fsp3) is 0.375. The van der Waals surface area contributed by atoms with E-state index in [-0.39, 0.29) is 24.1 Å². The van der Waals surface area contributed by atoms with E-state index in [0.717, 1.165) is 12.5 Å². The van der Waals surface area contributed by atoms with Crippen LogP contribution in [0.4, 0.5) is 8.78 Å². The van der Waals surface area contributed by atoms with E-state index < -0.39 is 17.0 Å². The Balaban J connectivity index is 1.76. The molecule has 1 N–H and O–H groups in total. The Morgan fingerprint density at radius 3 is 2.73 bits per heavy atom. The van der Waals surface area contributed by atoms with Gasteiger partial charge >= 0.3 is 0 Å². The molecule has 2 unspecified atom stereocenters. The first kappa shape index (κ1) is 14.7. The molecule has 2 aromatic rings. The maximum Gasteiger partial charge on any atom is 0.273 e. The number of amides is 1. The number of benzene rings is 1. The fourth-order valence-electron chi connectivity index (χ4n) is 2.90. The first-order chi connectivity index (χ1) is 10.4. The Morgan fingerprint density at radius 2 is 2.18 bits per heavy atom. The van der Waals surface area contributed by atoms with E-state index in [4.69, 9.17) is 4.52 Å². The van der Waals surface area contributed by atoms with Crippen LogP contribution in [-0.4, -0.2) is 17.6 Å². The molecule has 1 amide bonds. The third kappa shape index (κ3) is 2.49. The number of carbonyl (C=O) groups is 1. The molecule has 6 heteroatoms. The topological polar surface area (TPSA) is 55.1 Å². The number of hydrogen-bond acceptors (Lipinski definition) is 3. The maximum absolute atomic E-state index is 14.0. The molecular formula is C16H16F2N2O2. The van der Waals surface area contributed by atoms with Gasteiger partial charge in [0.15, 0.2) is 5.69 Å². The van der Waals surface area contributed by atoms with Crippen LogP contribution in [0.2, 0.25) is 0 Å². The number of halogens is 2. The van der Waals surface area contributed by atoms with Crippen LogP contribution in [0.25, 0.3) is 0 Å². The van der Waals surface area contributed by atoms with Crippen LogP contribution >= 0.6 is 0 Å². The molecule has 0 saturated heterocycles. The highest BCUT2D eigenvalue weighted by molar-refractivity contribution is 5.92. The number of rotatable bonds is 4.